The van der Waals surface area contributed by atoms with Gasteiger partial charge < -0.3 is 15.1 Å². The summed E-state index contributed by atoms with van der Waals surface area (Å²) >= 11 is 0. The third-order valence-corrected chi connectivity index (χ3v) is 2.61. The third kappa shape index (κ3) is 3.46. The average Bonchev–Trinajstić information content (AvgIpc) is 2.85. The monoisotopic (exact) mass is 244 g/mol. The molecule has 0 radical (unpaired) electrons. The zero-order valence-corrected chi connectivity index (χ0v) is 10.3. The van der Waals surface area contributed by atoms with E-state index in [-0.39, 0.29) is 12.5 Å². The number of aryl methyl sites for hydroxylation is 1. The molecule has 0 saturated heterocycles. The number of para-hydroxylation sites is 1. The summed E-state index contributed by atoms with van der Waals surface area (Å²) < 4.78 is 4.94. The van der Waals surface area contributed by atoms with E-state index in [0.717, 1.165) is 16.8 Å². The molecule has 0 aliphatic carbocycles. The first-order valence-corrected chi connectivity index (χ1v) is 5.83. The van der Waals surface area contributed by atoms with Gasteiger partial charge in [-0.3, -0.25) is 4.79 Å². The molecule has 0 spiro atoms. The molecule has 2 N–H and O–H groups in total. The maximum atomic E-state index is 11.7. The lowest BCUT2D eigenvalue weighted by molar-refractivity contribution is -0.115. The second-order valence-corrected chi connectivity index (χ2v) is 4.10. The van der Waals surface area contributed by atoms with Crippen LogP contribution in [0.3, 0.4) is 0 Å². The summed E-state index contributed by atoms with van der Waals surface area (Å²) in [5.74, 6) is -0.0483. The second kappa shape index (κ2) is 6.02. The predicted molar refractivity (Wildman–Crippen MR) is 70.2 cm³/mol. The van der Waals surface area contributed by atoms with Crippen molar-refractivity contribution in [2.24, 2.45) is 0 Å². The van der Waals surface area contributed by atoms with Crippen LogP contribution in [0.4, 0.5) is 5.69 Å². The number of hydrogen-bond acceptors (Lipinski definition) is 3. The summed E-state index contributed by atoms with van der Waals surface area (Å²) in [4.78, 5) is 11.7. The zero-order chi connectivity index (χ0) is 12.8. The SMILES string of the molecule is Cc1ccccc1NC(=O)CNCc1ccoc1. The summed E-state index contributed by atoms with van der Waals surface area (Å²) in [6.07, 6.45) is 3.27. The van der Waals surface area contributed by atoms with Crippen molar-refractivity contribution in [3.63, 3.8) is 0 Å². The third-order valence-electron chi connectivity index (χ3n) is 2.61. The molecule has 0 aliphatic rings. The Bertz CT molecular complexity index is 506. The summed E-state index contributed by atoms with van der Waals surface area (Å²) in [7, 11) is 0. The number of amides is 1. The van der Waals surface area contributed by atoms with Crippen LogP contribution in [0.25, 0.3) is 0 Å². The topological polar surface area (TPSA) is 54.3 Å². The van der Waals surface area contributed by atoms with Gasteiger partial charge in [-0.2, -0.15) is 0 Å². The van der Waals surface area contributed by atoms with Gasteiger partial charge in [0.05, 0.1) is 19.1 Å². The smallest absolute Gasteiger partial charge is 0.238 e. The largest absolute Gasteiger partial charge is 0.472 e. The number of furan rings is 1. The minimum Gasteiger partial charge on any atom is -0.472 e. The van der Waals surface area contributed by atoms with Crippen molar-refractivity contribution in [3.05, 3.63) is 54.0 Å². The van der Waals surface area contributed by atoms with Gasteiger partial charge in [-0.1, -0.05) is 18.2 Å². The summed E-state index contributed by atoms with van der Waals surface area (Å²) in [6, 6.07) is 9.58. The fourth-order valence-electron chi connectivity index (χ4n) is 1.62. The summed E-state index contributed by atoms with van der Waals surface area (Å²) in [6.45, 7) is 2.87. The van der Waals surface area contributed by atoms with Crippen molar-refractivity contribution < 1.29 is 9.21 Å². The van der Waals surface area contributed by atoms with Gasteiger partial charge >= 0.3 is 0 Å². The highest BCUT2D eigenvalue weighted by Gasteiger charge is 2.03. The van der Waals surface area contributed by atoms with E-state index in [1.54, 1.807) is 12.5 Å². The molecule has 1 amide bonds. The Hall–Kier alpha value is -2.07. The van der Waals surface area contributed by atoms with Crippen molar-refractivity contribution in [1.29, 1.82) is 0 Å². The molecule has 4 heteroatoms. The van der Waals surface area contributed by atoms with E-state index in [4.69, 9.17) is 4.42 Å². The van der Waals surface area contributed by atoms with Crippen molar-refractivity contribution in [2.75, 3.05) is 11.9 Å². The molecule has 2 rings (SSSR count). The highest BCUT2D eigenvalue weighted by molar-refractivity contribution is 5.92. The molecule has 0 aliphatic heterocycles. The van der Waals surface area contributed by atoms with Gasteiger partial charge in [-0.25, -0.2) is 0 Å². The number of carbonyl (C=O) groups excluding carboxylic acids is 1. The molecule has 0 saturated carbocycles. The van der Waals surface area contributed by atoms with Gasteiger partial charge in [-0.05, 0) is 24.6 Å². The fourth-order valence-corrected chi connectivity index (χ4v) is 1.62. The number of carbonyl (C=O) groups is 1. The first kappa shape index (κ1) is 12.4. The van der Waals surface area contributed by atoms with E-state index >= 15 is 0 Å². The molecule has 0 atom stereocenters. The van der Waals surface area contributed by atoms with Crippen LogP contribution in [0.2, 0.25) is 0 Å². The van der Waals surface area contributed by atoms with Crippen LogP contribution in [0.15, 0.2) is 47.3 Å². The molecule has 2 aromatic rings. The average molecular weight is 244 g/mol. The van der Waals surface area contributed by atoms with Crippen molar-refractivity contribution in [2.45, 2.75) is 13.5 Å². The molecule has 18 heavy (non-hydrogen) atoms. The van der Waals surface area contributed by atoms with E-state index in [9.17, 15) is 4.79 Å². The molecule has 1 aromatic carbocycles. The van der Waals surface area contributed by atoms with Crippen molar-refractivity contribution in [3.8, 4) is 0 Å². The maximum absolute atomic E-state index is 11.7. The molecule has 4 nitrogen and oxygen atoms in total. The van der Waals surface area contributed by atoms with E-state index in [0.29, 0.717) is 6.54 Å². The minimum absolute atomic E-state index is 0.0483. The highest BCUT2D eigenvalue weighted by atomic mass is 16.3. The number of nitrogens with one attached hydrogen (secondary N) is 2. The van der Waals surface area contributed by atoms with Crippen LogP contribution in [-0.4, -0.2) is 12.5 Å². The zero-order valence-electron chi connectivity index (χ0n) is 10.3. The molecule has 0 unspecified atom stereocenters. The second-order valence-electron chi connectivity index (χ2n) is 4.10. The maximum Gasteiger partial charge on any atom is 0.238 e. The van der Waals surface area contributed by atoms with Gasteiger partial charge in [-0.15, -0.1) is 0 Å². The van der Waals surface area contributed by atoms with Crippen molar-refractivity contribution >= 4 is 11.6 Å². The molecular formula is C14H16N2O2. The lowest BCUT2D eigenvalue weighted by Crippen LogP contribution is -2.27. The molecule has 1 aromatic heterocycles. The Morgan fingerprint density at radius 1 is 1.28 bits per heavy atom. The number of anilines is 1. The van der Waals surface area contributed by atoms with Crippen LogP contribution >= 0.6 is 0 Å². The lowest BCUT2D eigenvalue weighted by atomic mass is 10.2. The van der Waals surface area contributed by atoms with E-state index in [2.05, 4.69) is 10.6 Å². The van der Waals surface area contributed by atoms with E-state index in [1.807, 2.05) is 37.3 Å². The normalized spacial score (nSPS) is 10.3. The van der Waals surface area contributed by atoms with E-state index in [1.165, 1.54) is 0 Å². The summed E-state index contributed by atoms with van der Waals surface area (Å²) in [5, 5.41) is 5.92. The Morgan fingerprint density at radius 2 is 2.11 bits per heavy atom. The molecule has 0 fully saturated rings. The number of rotatable bonds is 5. The number of hydrogen-bond donors (Lipinski definition) is 2. The Morgan fingerprint density at radius 3 is 2.83 bits per heavy atom. The summed E-state index contributed by atoms with van der Waals surface area (Å²) in [5.41, 5.74) is 2.94. The standard InChI is InChI=1S/C14H16N2O2/c1-11-4-2-3-5-13(11)16-14(17)9-15-8-12-6-7-18-10-12/h2-7,10,15H,8-9H2,1H3,(H,16,17). The first-order chi connectivity index (χ1) is 8.75. The van der Waals surface area contributed by atoms with Crippen molar-refractivity contribution in [1.82, 2.24) is 5.32 Å². The van der Waals surface area contributed by atoms with Crippen LogP contribution in [0.1, 0.15) is 11.1 Å². The van der Waals surface area contributed by atoms with Crippen LogP contribution in [0.5, 0.6) is 0 Å². The quantitative estimate of drug-likeness (QED) is 0.848. The Labute approximate surface area is 106 Å². The van der Waals surface area contributed by atoms with Gasteiger partial charge in [0.25, 0.3) is 0 Å². The molecule has 94 valence electrons. The number of benzene rings is 1. The van der Waals surface area contributed by atoms with Gasteiger partial charge in [0.2, 0.25) is 5.91 Å². The van der Waals surface area contributed by atoms with Gasteiger partial charge in [0, 0.05) is 17.8 Å². The van der Waals surface area contributed by atoms with E-state index < -0.39 is 0 Å². The molecule has 1 heterocycles. The minimum atomic E-state index is -0.0483. The van der Waals surface area contributed by atoms with Crippen LogP contribution in [0, 0.1) is 6.92 Å². The van der Waals surface area contributed by atoms with Crippen LogP contribution < -0.4 is 10.6 Å². The Kier molecular flexibility index (Phi) is 4.15. The highest BCUT2D eigenvalue weighted by Crippen LogP contribution is 2.12. The molecular weight excluding hydrogens is 228 g/mol. The van der Waals surface area contributed by atoms with Crippen LogP contribution in [-0.2, 0) is 11.3 Å². The van der Waals surface area contributed by atoms with Gasteiger partial charge in [0.15, 0.2) is 0 Å². The molecule has 0 bridgehead atoms. The fraction of sp³-hybridized carbons (Fsp3) is 0.214. The van der Waals surface area contributed by atoms with Gasteiger partial charge in [0.1, 0.15) is 0 Å². The first-order valence-electron chi connectivity index (χ1n) is 5.83. The lowest BCUT2D eigenvalue weighted by Gasteiger charge is -2.08. The predicted octanol–water partition coefficient (Wildman–Crippen LogP) is 2.32. The Balaban J connectivity index is 1.77.